The van der Waals surface area contributed by atoms with E-state index in [2.05, 4.69) is 22.1 Å². The Morgan fingerprint density at radius 3 is 2.68 bits per heavy atom. The van der Waals surface area contributed by atoms with Gasteiger partial charge in [-0.1, -0.05) is 13.3 Å². The number of likely N-dealkylation sites (N-methyl/N-ethyl adjacent to an activating group) is 1. The molecule has 1 amide bonds. The smallest absolute Gasteiger partial charge is 0.258 e. The zero-order valence-corrected chi connectivity index (χ0v) is 17.0. The van der Waals surface area contributed by atoms with Gasteiger partial charge in [-0.2, -0.15) is 0 Å². The SMILES string of the molecule is CCCCOc1ccc(C(=O)N(C)c2ccc(N3CCC(NC)C3)nc2)cc1. The van der Waals surface area contributed by atoms with Crippen molar-refractivity contribution >= 4 is 17.4 Å². The molecular formula is C22H30N4O2. The lowest BCUT2D eigenvalue weighted by atomic mass is 10.2. The predicted octanol–water partition coefficient (Wildman–Crippen LogP) is 3.34. The highest BCUT2D eigenvalue weighted by atomic mass is 16.5. The van der Waals surface area contributed by atoms with Gasteiger partial charge in [0.25, 0.3) is 5.91 Å². The summed E-state index contributed by atoms with van der Waals surface area (Å²) in [5, 5.41) is 3.31. The summed E-state index contributed by atoms with van der Waals surface area (Å²) in [6, 6.07) is 11.8. The number of hydrogen-bond acceptors (Lipinski definition) is 5. The molecule has 1 fully saturated rings. The Labute approximate surface area is 167 Å². The van der Waals surface area contributed by atoms with Gasteiger partial charge in [-0.3, -0.25) is 4.79 Å². The van der Waals surface area contributed by atoms with Crippen LogP contribution in [0.3, 0.4) is 0 Å². The van der Waals surface area contributed by atoms with Crippen molar-refractivity contribution < 1.29 is 9.53 Å². The molecule has 2 heterocycles. The molecular weight excluding hydrogens is 352 g/mol. The molecule has 1 N–H and O–H groups in total. The predicted molar refractivity (Wildman–Crippen MR) is 113 cm³/mol. The van der Waals surface area contributed by atoms with Crippen molar-refractivity contribution in [3.63, 3.8) is 0 Å². The van der Waals surface area contributed by atoms with E-state index in [1.165, 1.54) is 0 Å². The van der Waals surface area contributed by atoms with Gasteiger partial charge in [0, 0.05) is 31.7 Å². The van der Waals surface area contributed by atoms with Crippen molar-refractivity contribution in [1.29, 1.82) is 0 Å². The number of amides is 1. The minimum Gasteiger partial charge on any atom is -0.494 e. The van der Waals surface area contributed by atoms with E-state index in [9.17, 15) is 4.79 Å². The zero-order chi connectivity index (χ0) is 19.9. The van der Waals surface area contributed by atoms with Crippen molar-refractivity contribution in [3.8, 4) is 5.75 Å². The van der Waals surface area contributed by atoms with Gasteiger partial charge in [-0.25, -0.2) is 4.98 Å². The molecule has 0 saturated carbocycles. The number of nitrogens with zero attached hydrogens (tertiary/aromatic N) is 3. The standard InChI is InChI=1S/C22H30N4O2/c1-4-5-14-28-20-9-6-17(7-10-20)22(27)25(3)19-8-11-21(24-15-19)26-13-12-18(16-26)23-2/h6-11,15,18,23H,4-5,12-14,16H2,1-3H3. The highest BCUT2D eigenvalue weighted by Gasteiger charge is 2.22. The van der Waals surface area contributed by atoms with Crippen LogP contribution in [0.1, 0.15) is 36.5 Å². The Balaban J connectivity index is 1.61. The molecule has 1 aromatic carbocycles. The highest BCUT2D eigenvalue weighted by molar-refractivity contribution is 6.05. The molecule has 1 unspecified atom stereocenters. The largest absolute Gasteiger partial charge is 0.494 e. The quantitative estimate of drug-likeness (QED) is 0.710. The van der Waals surface area contributed by atoms with Crippen molar-refractivity contribution in [2.24, 2.45) is 0 Å². The Morgan fingerprint density at radius 1 is 1.29 bits per heavy atom. The Kier molecular flexibility index (Phi) is 6.87. The third-order valence-electron chi connectivity index (χ3n) is 5.21. The van der Waals surface area contributed by atoms with Crippen LogP contribution < -0.4 is 19.9 Å². The van der Waals surface area contributed by atoms with Gasteiger partial charge >= 0.3 is 0 Å². The third-order valence-corrected chi connectivity index (χ3v) is 5.21. The van der Waals surface area contributed by atoms with Gasteiger partial charge in [-0.15, -0.1) is 0 Å². The Bertz CT molecular complexity index is 761. The van der Waals surface area contributed by atoms with Gasteiger partial charge in [0.05, 0.1) is 18.5 Å². The lowest BCUT2D eigenvalue weighted by Gasteiger charge is -2.20. The minimum atomic E-state index is -0.0638. The maximum absolute atomic E-state index is 12.8. The number of unbranched alkanes of at least 4 members (excludes halogenated alkanes) is 1. The fourth-order valence-corrected chi connectivity index (χ4v) is 3.31. The summed E-state index contributed by atoms with van der Waals surface area (Å²) in [4.78, 5) is 21.2. The fourth-order valence-electron chi connectivity index (χ4n) is 3.31. The molecule has 1 atom stereocenters. The van der Waals surface area contributed by atoms with Gasteiger partial charge in [-0.05, 0) is 56.3 Å². The summed E-state index contributed by atoms with van der Waals surface area (Å²) in [7, 11) is 3.77. The Hall–Kier alpha value is -2.60. The van der Waals surface area contributed by atoms with E-state index in [0.717, 1.165) is 49.6 Å². The number of nitrogens with one attached hydrogen (secondary N) is 1. The molecule has 2 aromatic rings. The number of ether oxygens (including phenoxy) is 1. The summed E-state index contributed by atoms with van der Waals surface area (Å²) in [6.45, 7) is 4.80. The number of carbonyl (C=O) groups is 1. The molecule has 0 bridgehead atoms. The summed E-state index contributed by atoms with van der Waals surface area (Å²) >= 11 is 0. The van der Waals surface area contributed by atoms with Crippen LogP contribution in [0.2, 0.25) is 0 Å². The number of carbonyl (C=O) groups excluding carboxylic acids is 1. The summed E-state index contributed by atoms with van der Waals surface area (Å²) in [5.41, 5.74) is 1.41. The number of hydrogen-bond donors (Lipinski definition) is 1. The van der Waals surface area contributed by atoms with Crippen molar-refractivity contribution in [3.05, 3.63) is 48.2 Å². The van der Waals surface area contributed by atoms with Crippen LogP contribution in [-0.2, 0) is 0 Å². The van der Waals surface area contributed by atoms with E-state index in [1.54, 1.807) is 18.1 Å². The molecule has 0 spiro atoms. The second kappa shape index (κ2) is 9.55. The first-order chi connectivity index (χ1) is 13.6. The molecule has 1 aromatic heterocycles. The average Bonchev–Trinajstić information content (AvgIpc) is 3.23. The first-order valence-electron chi connectivity index (χ1n) is 10.0. The van der Waals surface area contributed by atoms with Gasteiger partial charge in [0.2, 0.25) is 0 Å². The minimum absolute atomic E-state index is 0.0638. The lowest BCUT2D eigenvalue weighted by Crippen LogP contribution is -2.30. The van der Waals surface area contributed by atoms with Gasteiger partial charge in [0.15, 0.2) is 0 Å². The van der Waals surface area contributed by atoms with E-state index < -0.39 is 0 Å². The maximum Gasteiger partial charge on any atom is 0.258 e. The monoisotopic (exact) mass is 382 g/mol. The second-order valence-corrected chi connectivity index (χ2v) is 7.19. The van der Waals surface area contributed by atoms with Crippen LogP contribution in [0.25, 0.3) is 0 Å². The molecule has 150 valence electrons. The van der Waals surface area contributed by atoms with Crippen LogP contribution in [0.5, 0.6) is 5.75 Å². The van der Waals surface area contributed by atoms with Crippen LogP contribution in [0.4, 0.5) is 11.5 Å². The molecule has 3 rings (SSSR count). The number of pyridine rings is 1. The summed E-state index contributed by atoms with van der Waals surface area (Å²) < 4.78 is 5.66. The fraction of sp³-hybridized carbons (Fsp3) is 0.455. The Morgan fingerprint density at radius 2 is 2.07 bits per heavy atom. The molecule has 6 nitrogen and oxygen atoms in total. The first-order valence-corrected chi connectivity index (χ1v) is 10.0. The molecule has 0 radical (unpaired) electrons. The number of benzene rings is 1. The van der Waals surface area contributed by atoms with Crippen LogP contribution in [-0.4, -0.2) is 50.7 Å². The average molecular weight is 383 g/mol. The zero-order valence-electron chi connectivity index (χ0n) is 17.0. The molecule has 1 aliphatic rings. The number of aromatic nitrogens is 1. The van der Waals surface area contributed by atoms with Crippen LogP contribution >= 0.6 is 0 Å². The van der Waals surface area contributed by atoms with Gasteiger partial charge in [0.1, 0.15) is 11.6 Å². The number of anilines is 2. The second-order valence-electron chi connectivity index (χ2n) is 7.19. The van der Waals surface area contributed by atoms with E-state index in [4.69, 9.17) is 4.74 Å². The topological polar surface area (TPSA) is 57.7 Å². The number of rotatable bonds is 8. The van der Waals surface area contributed by atoms with E-state index >= 15 is 0 Å². The van der Waals surface area contributed by atoms with Crippen LogP contribution in [0, 0.1) is 0 Å². The van der Waals surface area contributed by atoms with E-state index in [-0.39, 0.29) is 5.91 Å². The summed E-state index contributed by atoms with van der Waals surface area (Å²) in [6.07, 6.45) is 5.01. The van der Waals surface area contributed by atoms with Crippen molar-refractivity contribution in [2.75, 3.05) is 43.6 Å². The molecule has 1 aliphatic heterocycles. The molecule has 1 saturated heterocycles. The summed E-state index contributed by atoms with van der Waals surface area (Å²) in [5.74, 6) is 1.69. The van der Waals surface area contributed by atoms with Crippen molar-refractivity contribution in [1.82, 2.24) is 10.3 Å². The maximum atomic E-state index is 12.8. The third kappa shape index (κ3) is 4.81. The lowest BCUT2D eigenvalue weighted by molar-refractivity contribution is 0.0993. The van der Waals surface area contributed by atoms with E-state index in [1.807, 2.05) is 43.4 Å². The normalized spacial score (nSPS) is 16.2. The van der Waals surface area contributed by atoms with Crippen LogP contribution in [0.15, 0.2) is 42.6 Å². The van der Waals surface area contributed by atoms with Gasteiger partial charge < -0.3 is 19.9 Å². The molecule has 6 heteroatoms. The first kappa shape index (κ1) is 20.1. The molecule has 28 heavy (non-hydrogen) atoms. The highest BCUT2D eigenvalue weighted by Crippen LogP contribution is 2.22. The molecule has 0 aliphatic carbocycles. The van der Waals surface area contributed by atoms with E-state index in [0.29, 0.717) is 18.2 Å². The van der Waals surface area contributed by atoms with Crippen molar-refractivity contribution in [2.45, 2.75) is 32.2 Å².